The number of amides is 1. The van der Waals surface area contributed by atoms with Gasteiger partial charge in [0.05, 0.1) is 0 Å². The van der Waals surface area contributed by atoms with Gasteiger partial charge in [0.15, 0.2) is 0 Å². The van der Waals surface area contributed by atoms with E-state index in [9.17, 15) is 4.79 Å². The highest BCUT2D eigenvalue weighted by Crippen LogP contribution is 2.45. The lowest BCUT2D eigenvalue weighted by molar-refractivity contribution is -0.123. The molecule has 4 nitrogen and oxygen atoms in total. The highest BCUT2D eigenvalue weighted by atomic mass is 35.5. The quantitative estimate of drug-likeness (QED) is 0.485. The van der Waals surface area contributed by atoms with Crippen LogP contribution in [0.1, 0.15) is 64.9 Å². The van der Waals surface area contributed by atoms with Crippen molar-refractivity contribution in [2.45, 2.75) is 70.9 Å². The lowest BCUT2D eigenvalue weighted by atomic mass is 9.78. The first-order chi connectivity index (χ1) is 10.8. The number of hydrazine groups is 1. The molecule has 5 heteroatoms. The Balaban J connectivity index is 2.52. The Morgan fingerprint density at radius 2 is 2.22 bits per heavy atom. The maximum atomic E-state index is 12.5. The number of carbonyl (C=O) groups is 1. The molecule has 2 atom stereocenters. The van der Waals surface area contributed by atoms with E-state index in [2.05, 4.69) is 38.0 Å². The highest BCUT2D eigenvalue weighted by Gasteiger charge is 2.42. The molecule has 0 fully saturated rings. The van der Waals surface area contributed by atoms with E-state index in [0.717, 1.165) is 36.4 Å². The number of nitrogens with zero attached hydrogens (tertiary/aromatic N) is 1. The van der Waals surface area contributed by atoms with E-state index in [-0.39, 0.29) is 17.5 Å². The van der Waals surface area contributed by atoms with Crippen LogP contribution in [0.2, 0.25) is 5.02 Å². The van der Waals surface area contributed by atoms with E-state index < -0.39 is 0 Å². The van der Waals surface area contributed by atoms with Gasteiger partial charge < -0.3 is 4.90 Å². The second kappa shape index (κ2) is 7.10. The number of unbranched alkanes of at least 4 members (excludes halogenated alkanes) is 1. The number of carbonyl (C=O) groups excluding carboxylic acids is 1. The molecule has 1 aliphatic heterocycles. The van der Waals surface area contributed by atoms with E-state index in [1.807, 2.05) is 18.2 Å². The molecule has 128 valence electrons. The van der Waals surface area contributed by atoms with Crippen LogP contribution in [0.4, 0.5) is 5.69 Å². The van der Waals surface area contributed by atoms with Crippen LogP contribution in [-0.4, -0.2) is 17.5 Å². The summed E-state index contributed by atoms with van der Waals surface area (Å²) in [4.78, 5) is 14.7. The molecule has 0 bridgehead atoms. The number of hydrogen-bond donors (Lipinski definition) is 2. The molecule has 0 spiro atoms. The number of nitrogens with two attached hydrogens (primary N) is 1. The number of nitrogens with one attached hydrogen (secondary N) is 1. The van der Waals surface area contributed by atoms with Crippen molar-refractivity contribution in [2.75, 3.05) is 4.90 Å². The number of hydrogen-bond acceptors (Lipinski definition) is 3. The molecule has 0 aliphatic carbocycles. The summed E-state index contributed by atoms with van der Waals surface area (Å²) in [5.41, 5.74) is 4.55. The van der Waals surface area contributed by atoms with Gasteiger partial charge in [-0.15, -0.1) is 0 Å². The molecule has 0 saturated heterocycles. The summed E-state index contributed by atoms with van der Waals surface area (Å²) in [6.45, 7) is 8.75. The molecule has 0 radical (unpaired) electrons. The van der Waals surface area contributed by atoms with Crippen LogP contribution in [0.3, 0.4) is 0 Å². The van der Waals surface area contributed by atoms with Crippen LogP contribution in [0.5, 0.6) is 0 Å². The van der Waals surface area contributed by atoms with E-state index in [1.165, 1.54) is 5.56 Å². The van der Waals surface area contributed by atoms with E-state index in [4.69, 9.17) is 17.4 Å². The Morgan fingerprint density at radius 1 is 1.52 bits per heavy atom. The predicted molar refractivity (Wildman–Crippen MR) is 96.7 cm³/mol. The van der Waals surface area contributed by atoms with Crippen LogP contribution in [0.15, 0.2) is 18.2 Å². The zero-order valence-electron chi connectivity index (χ0n) is 14.5. The highest BCUT2D eigenvalue weighted by molar-refractivity contribution is 6.30. The summed E-state index contributed by atoms with van der Waals surface area (Å²) in [6, 6.07) is 5.71. The zero-order chi connectivity index (χ0) is 17.2. The second-order valence-corrected chi connectivity index (χ2v) is 7.59. The summed E-state index contributed by atoms with van der Waals surface area (Å²) in [7, 11) is 0. The fourth-order valence-corrected chi connectivity index (χ4v) is 4.06. The summed E-state index contributed by atoms with van der Waals surface area (Å²) in [5, 5.41) is 0.739. The Labute approximate surface area is 144 Å². The SMILES string of the molecule is CCCC[C@H](C(=O)NN)N1c2ccc(Cl)cc2[C@H](C)CC1(C)C. The number of benzene rings is 1. The standard InChI is InChI=1S/C18H28ClN3O/c1-5-6-7-16(17(23)21-20)22-15-9-8-13(19)10-14(15)12(2)11-18(22,3)4/h8-10,12,16H,5-7,11,20H2,1-4H3,(H,21,23)/t12-,16-/m1/s1. The molecular formula is C18H28ClN3O. The molecule has 1 heterocycles. The van der Waals surface area contributed by atoms with Gasteiger partial charge in [0.2, 0.25) is 0 Å². The summed E-state index contributed by atoms with van der Waals surface area (Å²) in [5.74, 6) is 5.75. The van der Waals surface area contributed by atoms with Gasteiger partial charge in [-0.05, 0) is 56.4 Å². The average molecular weight is 338 g/mol. The topological polar surface area (TPSA) is 58.4 Å². The Kier molecular flexibility index (Phi) is 5.58. The zero-order valence-corrected chi connectivity index (χ0v) is 15.3. The third kappa shape index (κ3) is 3.64. The smallest absolute Gasteiger partial charge is 0.256 e. The molecule has 0 saturated carbocycles. The Bertz CT molecular complexity index is 573. The van der Waals surface area contributed by atoms with Crippen molar-refractivity contribution in [1.82, 2.24) is 5.43 Å². The molecule has 1 aromatic rings. The van der Waals surface area contributed by atoms with Crippen LogP contribution in [0, 0.1) is 0 Å². The minimum Gasteiger partial charge on any atom is -0.354 e. The van der Waals surface area contributed by atoms with Gasteiger partial charge >= 0.3 is 0 Å². The van der Waals surface area contributed by atoms with Crippen molar-refractivity contribution in [3.05, 3.63) is 28.8 Å². The number of anilines is 1. The largest absolute Gasteiger partial charge is 0.354 e. The fraction of sp³-hybridized carbons (Fsp3) is 0.611. The van der Waals surface area contributed by atoms with Crippen molar-refractivity contribution in [3.63, 3.8) is 0 Å². The van der Waals surface area contributed by atoms with Gasteiger partial charge in [0, 0.05) is 16.2 Å². The van der Waals surface area contributed by atoms with Crippen molar-refractivity contribution >= 4 is 23.2 Å². The molecule has 0 unspecified atom stereocenters. The molecule has 1 aliphatic rings. The van der Waals surface area contributed by atoms with Crippen molar-refractivity contribution in [2.24, 2.45) is 5.84 Å². The molecule has 3 N–H and O–H groups in total. The monoisotopic (exact) mass is 337 g/mol. The van der Waals surface area contributed by atoms with Crippen LogP contribution in [0.25, 0.3) is 0 Å². The Morgan fingerprint density at radius 3 is 2.83 bits per heavy atom. The minimum atomic E-state index is -0.262. The van der Waals surface area contributed by atoms with Gasteiger partial charge in [0.1, 0.15) is 6.04 Å². The van der Waals surface area contributed by atoms with E-state index in [1.54, 1.807) is 0 Å². The maximum absolute atomic E-state index is 12.5. The van der Waals surface area contributed by atoms with Crippen LogP contribution < -0.4 is 16.2 Å². The van der Waals surface area contributed by atoms with Gasteiger partial charge in [-0.1, -0.05) is 38.3 Å². The first-order valence-corrected chi connectivity index (χ1v) is 8.79. The van der Waals surface area contributed by atoms with Gasteiger partial charge in [-0.25, -0.2) is 5.84 Å². The summed E-state index contributed by atoms with van der Waals surface area (Å²) in [6.07, 6.45) is 3.80. The second-order valence-electron chi connectivity index (χ2n) is 7.16. The maximum Gasteiger partial charge on any atom is 0.256 e. The number of halogens is 1. The van der Waals surface area contributed by atoms with Crippen molar-refractivity contribution in [1.29, 1.82) is 0 Å². The first kappa shape index (κ1) is 18.1. The summed E-state index contributed by atoms with van der Waals surface area (Å²) < 4.78 is 0. The predicted octanol–water partition coefficient (Wildman–Crippen LogP) is 3.98. The van der Waals surface area contributed by atoms with Crippen LogP contribution >= 0.6 is 11.6 Å². The van der Waals surface area contributed by atoms with Gasteiger partial charge in [-0.3, -0.25) is 10.2 Å². The van der Waals surface area contributed by atoms with E-state index >= 15 is 0 Å². The molecule has 0 aromatic heterocycles. The van der Waals surface area contributed by atoms with Crippen molar-refractivity contribution < 1.29 is 4.79 Å². The summed E-state index contributed by atoms with van der Waals surface area (Å²) >= 11 is 6.20. The Hall–Kier alpha value is -1.26. The normalized spacial score (nSPS) is 20.8. The van der Waals surface area contributed by atoms with Crippen molar-refractivity contribution in [3.8, 4) is 0 Å². The van der Waals surface area contributed by atoms with Gasteiger partial charge in [0.25, 0.3) is 5.91 Å². The van der Waals surface area contributed by atoms with Crippen LogP contribution in [-0.2, 0) is 4.79 Å². The third-order valence-electron chi connectivity index (χ3n) is 4.83. The molecule has 1 aromatic carbocycles. The third-order valence-corrected chi connectivity index (χ3v) is 5.06. The number of fused-ring (bicyclic) bond motifs is 1. The van der Waals surface area contributed by atoms with Gasteiger partial charge in [-0.2, -0.15) is 0 Å². The minimum absolute atomic E-state index is 0.120. The molecule has 1 amide bonds. The fourth-order valence-electron chi connectivity index (χ4n) is 3.88. The first-order valence-electron chi connectivity index (χ1n) is 8.41. The molecular weight excluding hydrogens is 310 g/mol. The average Bonchev–Trinajstić information content (AvgIpc) is 2.49. The number of rotatable bonds is 5. The lowest BCUT2D eigenvalue weighted by Crippen LogP contribution is -2.59. The molecule has 2 rings (SSSR count). The lowest BCUT2D eigenvalue weighted by Gasteiger charge is -2.50. The van der Waals surface area contributed by atoms with E-state index in [0.29, 0.717) is 5.92 Å². The molecule has 23 heavy (non-hydrogen) atoms.